The maximum Gasteiger partial charge on any atom is 0.270 e. The molecule has 0 atom stereocenters. The van der Waals surface area contributed by atoms with E-state index in [1.54, 1.807) is 12.1 Å². The Labute approximate surface area is 185 Å². The molecule has 0 bridgehead atoms. The maximum atomic E-state index is 15.2. The largest absolute Gasteiger partial charge is 0.367 e. The van der Waals surface area contributed by atoms with E-state index in [1.807, 2.05) is 4.90 Å². The fourth-order valence-electron chi connectivity index (χ4n) is 3.71. The smallest absolute Gasteiger partial charge is 0.270 e. The van der Waals surface area contributed by atoms with Crippen molar-refractivity contribution in [2.45, 2.75) is 38.3 Å². The highest BCUT2D eigenvalue weighted by atomic mass is 32.2. The second kappa shape index (κ2) is 8.51. The number of hydrogen-bond acceptors (Lipinski definition) is 6. The van der Waals surface area contributed by atoms with Crippen LogP contribution in [0, 0.1) is 11.7 Å². The molecule has 4 rings (SSSR count). The van der Waals surface area contributed by atoms with Crippen LogP contribution in [-0.4, -0.2) is 54.6 Å². The number of nitrogens with zero attached hydrogens (tertiary/aromatic N) is 4. The van der Waals surface area contributed by atoms with Gasteiger partial charge in [-0.15, -0.1) is 0 Å². The van der Waals surface area contributed by atoms with E-state index in [0.29, 0.717) is 26.2 Å². The minimum absolute atomic E-state index is 0.0654. The first-order chi connectivity index (χ1) is 15.0. The van der Waals surface area contributed by atoms with Crippen molar-refractivity contribution in [2.75, 3.05) is 36.1 Å². The van der Waals surface area contributed by atoms with Gasteiger partial charge in [0.1, 0.15) is 6.33 Å². The minimum Gasteiger partial charge on any atom is -0.367 e. The summed E-state index contributed by atoms with van der Waals surface area (Å²) in [4.78, 5) is 10.0. The third kappa shape index (κ3) is 5.15. The van der Waals surface area contributed by atoms with Gasteiger partial charge in [-0.3, -0.25) is 0 Å². The summed E-state index contributed by atoms with van der Waals surface area (Å²) in [5, 5.41) is 2.97. The lowest BCUT2D eigenvalue weighted by Crippen LogP contribution is -2.51. The first kappa shape index (κ1) is 22.8. The molecule has 1 saturated heterocycles. The first-order valence-corrected chi connectivity index (χ1v) is 12.3. The van der Waals surface area contributed by atoms with Crippen molar-refractivity contribution >= 4 is 21.7 Å². The van der Waals surface area contributed by atoms with Crippen LogP contribution in [0.2, 0.25) is 0 Å². The monoisotopic (exact) mass is 469 g/mol. The normalized spacial score (nSPS) is 17.8. The number of halogens is 3. The summed E-state index contributed by atoms with van der Waals surface area (Å²) in [7, 11) is -3.19. The summed E-state index contributed by atoms with van der Waals surface area (Å²) < 4.78 is 66.5. The van der Waals surface area contributed by atoms with Gasteiger partial charge >= 0.3 is 0 Å². The van der Waals surface area contributed by atoms with E-state index in [4.69, 9.17) is 0 Å². The standard InChI is InChI=1S/C21H26F3N5O2S/c1-21(23,24)16-5-3-14(4-6-16)12-29(17-7-8-17)20-18(22)19(26-13-27-20)25-9-15-10-28(11-15)32(2,30)31/h3-6,13,15,17H,7-12H2,1-2H3,(H,25,26,27). The van der Waals surface area contributed by atoms with Gasteiger partial charge in [0.15, 0.2) is 11.6 Å². The maximum absolute atomic E-state index is 15.2. The van der Waals surface area contributed by atoms with Crippen LogP contribution in [0.15, 0.2) is 30.6 Å². The van der Waals surface area contributed by atoms with E-state index < -0.39 is 21.8 Å². The molecule has 32 heavy (non-hydrogen) atoms. The highest BCUT2D eigenvalue weighted by Gasteiger charge is 2.35. The van der Waals surface area contributed by atoms with Crippen molar-refractivity contribution in [3.63, 3.8) is 0 Å². The average molecular weight is 470 g/mol. The molecule has 174 valence electrons. The summed E-state index contributed by atoms with van der Waals surface area (Å²) in [6, 6.07) is 6.17. The van der Waals surface area contributed by atoms with Crippen LogP contribution in [0.3, 0.4) is 0 Å². The SMILES string of the molecule is CC(F)(F)c1ccc(CN(c2ncnc(NCC3CN(S(C)(=O)=O)C3)c2F)C2CC2)cc1. The molecule has 0 unspecified atom stereocenters. The van der Waals surface area contributed by atoms with Crippen LogP contribution in [0.4, 0.5) is 24.8 Å². The van der Waals surface area contributed by atoms with Gasteiger partial charge < -0.3 is 10.2 Å². The van der Waals surface area contributed by atoms with Crippen LogP contribution in [0.1, 0.15) is 30.9 Å². The molecule has 1 saturated carbocycles. The molecule has 0 amide bonds. The lowest BCUT2D eigenvalue weighted by atomic mass is 10.0. The lowest BCUT2D eigenvalue weighted by molar-refractivity contribution is 0.0174. The number of alkyl halides is 2. The van der Waals surface area contributed by atoms with Gasteiger partial charge in [-0.1, -0.05) is 24.3 Å². The minimum atomic E-state index is -3.19. The van der Waals surface area contributed by atoms with Gasteiger partial charge in [0.05, 0.1) is 6.26 Å². The highest BCUT2D eigenvalue weighted by molar-refractivity contribution is 7.88. The van der Waals surface area contributed by atoms with Crippen LogP contribution in [-0.2, 0) is 22.5 Å². The highest BCUT2D eigenvalue weighted by Crippen LogP contribution is 2.35. The number of aromatic nitrogens is 2. The van der Waals surface area contributed by atoms with Crippen molar-refractivity contribution in [1.82, 2.24) is 14.3 Å². The average Bonchev–Trinajstić information content (AvgIpc) is 3.50. The molecule has 2 heterocycles. The van der Waals surface area contributed by atoms with Gasteiger partial charge in [-0.2, -0.15) is 4.39 Å². The Bertz CT molecular complexity index is 1070. The molecule has 1 aliphatic carbocycles. The van der Waals surface area contributed by atoms with Gasteiger partial charge in [-0.25, -0.2) is 31.5 Å². The molecule has 1 aromatic heterocycles. The molecule has 2 fully saturated rings. The Morgan fingerprint density at radius 2 is 1.84 bits per heavy atom. The summed E-state index contributed by atoms with van der Waals surface area (Å²) in [6.07, 6.45) is 4.27. The van der Waals surface area contributed by atoms with E-state index in [1.165, 1.54) is 29.0 Å². The molecule has 7 nitrogen and oxygen atoms in total. The number of sulfonamides is 1. The van der Waals surface area contributed by atoms with Crippen molar-refractivity contribution in [2.24, 2.45) is 5.92 Å². The van der Waals surface area contributed by atoms with Crippen LogP contribution >= 0.6 is 0 Å². The van der Waals surface area contributed by atoms with E-state index >= 15 is 4.39 Å². The van der Waals surface area contributed by atoms with Gasteiger partial charge in [0.2, 0.25) is 15.8 Å². The second-order valence-electron chi connectivity index (χ2n) is 8.63. The second-order valence-corrected chi connectivity index (χ2v) is 10.6. The molecule has 2 aromatic rings. The summed E-state index contributed by atoms with van der Waals surface area (Å²) >= 11 is 0. The zero-order valence-electron chi connectivity index (χ0n) is 17.9. The van der Waals surface area contributed by atoms with E-state index in [-0.39, 0.29) is 29.2 Å². The third-order valence-electron chi connectivity index (χ3n) is 5.80. The molecular weight excluding hydrogens is 443 g/mol. The Hall–Kier alpha value is -2.40. The molecule has 1 N–H and O–H groups in total. The number of hydrogen-bond donors (Lipinski definition) is 1. The molecular formula is C21H26F3N5O2S. The molecule has 1 aromatic carbocycles. The quantitative estimate of drug-likeness (QED) is 0.608. The topological polar surface area (TPSA) is 78.4 Å². The van der Waals surface area contributed by atoms with Gasteiger partial charge in [0.25, 0.3) is 5.92 Å². The van der Waals surface area contributed by atoms with Gasteiger partial charge in [-0.05, 0) is 18.4 Å². The lowest BCUT2D eigenvalue weighted by Gasteiger charge is -2.37. The number of benzene rings is 1. The number of anilines is 2. The van der Waals surface area contributed by atoms with Crippen molar-refractivity contribution in [3.05, 3.63) is 47.5 Å². The molecule has 1 aliphatic heterocycles. The third-order valence-corrected chi connectivity index (χ3v) is 7.03. The Kier molecular flexibility index (Phi) is 6.06. The summed E-state index contributed by atoms with van der Waals surface area (Å²) in [5.74, 6) is -3.17. The Balaban J connectivity index is 1.44. The predicted octanol–water partition coefficient (Wildman–Crippen LogP) is 3.20. The number of nitrogens with one attached hydrogen (secondary N) is 1. The molecule has 0 radical (unpaired) electrons. The Morgan fingerprint density at radius 3 is 2.41 bits per heavy atom. The summed E-state index contributed by atoms with van der Waals surface area (Å²) in [5.41, 5.74) is 0.720. The van der Waals surface area contributed by atoms with Crippen molar-refractivity contribution in [3.8, 4) is 0 Å². The van der Waals surface area contributed by atoms with E-state index in [2.05, 4.69) is 15.3 Å². The van der Waals surface area contributed by atoms with E-state index in [9.17, 15) is 17.2 Å². The summed E-state index contributed by atoms with van der Waals surface area (Å²) in [6.45, 7) is 2.39. The molecule has 0 spiro atoms. The van der Waals surface area contributed by atoms with E-state index in [0.717, 1.165) is 25.3 Å². The van der Waals surface area contributed by atoms with Crippen LogP contribution < -0.4 is 10.2 Å². The Morgan fingerprint density at radius 1 is 1.19 bits per heavy atom. The van der Waals surface area contributed by atoms with Crippen molar-refractivity contribution in [1.29, 1.82) is 0 Å². The molecule has 2 aliphatic rings. The first-order valence-electron chi connectivity index (χ1n) is 10.5. The van der Waals surface area contributed by atoms with Crippen molar-refractivity contribution < 1.29 is 21.6 Å². The predicted molar refractivity (Wildman–Crippen MR) is 116 cm³/mol. The van der Waals surface area contributed by atoms with Gasteiger partial charge in [0, 0.05) is 50.6 Å². The zero-order valence-corrected chi connectivity index (χ0v) is 18.7. The fourth-order valence-corrected chi connectivity index (χ4v) is 4.67. The molecule has 11 heteroatoms. The van der Waals surface area contributed by atoms with Crippen LogP contribution in [0.25, 0.3) is 0 Å². The zero-order chi connectivity index (χ0) is 23.1. The van der Waals surface area contributed by atoms with Crippen LogP contribution in [0.5, 0.6) is 0 Å². The number of rotatable bonds is 9. The fraction of sp³-hybridized carbons (Fsp3) is 0.524.